The number of hydrogen-bond acceptors (Lipinski definition) is 7. The molecule has 2 aliphatic rings. The van der Waals surface area contributed by atoms with E-state index in [-0.39, 0.29) is 29.7 Å². The van der Waals surface area contributed by atoms with Crippen molar-refractivity contribution in [1.29, 1.82) is 0 Å². The van der Waals surface area contributed by atoms with Crippen LogP contribution in [-0.4, -0.2) is 28.5 Å². The first-order valence-electron chi connectivity index (χ1n) is 7.83. The van der Waals surface area contributed by atoms with E-state index in [1.165, 1.54) is 19.1 Å². The number of fused-ring (bicyclic) bond motifs is 1. The summed E-state index contributed by atoms with van der Waals surface area (Å²) in [6.07, 6.45) is -1.09. The number of nitro benzene ring substituents is 1. The highest BCUT2D eigenvalue weighted by Crippen LogP contribution is 2.43. The minimum absolute atomic E-state index is 0.0292. The topological polar surface area (TPSA) is 104 Å². The molecule has 0 saturated heterocycles. The Kier molecular flexibility index (Phi) is 4.19. The Bertz CT molecular complexity index is 975. The lowest BCUT2D eigenvalue weighted by atomic mass is 10.1. The van der Waals surface area contributed by atoms with Crippen LogP contribution in [0.5, 0.6) is 11.5 Å². The number of benzene rings is 2. The maximum atomic E-state index is 12.1. The van der Waals surface area contributed by atoms with Crippen molar-refractivity contribution in [2.75, 3.05) is 6.79 Å². The molecule has 0 aliphatic carbocycles. The normalized spacial score (nSPS) is 17.5. The van der Waals surface area contributed by atoms with Crippen LogP contribution >= 0.6 is 15.9 Å². The van der Waals surface area contributed by atoms with Gasteiger partial charge in [-0.1, -0.05) is 15.9 Å². The summed E-state index contributed by atoms with van der Waals surface area (Å²) < 4.78 is 17.2. The molecule has 2 aromatic carbocycles. The lowest BCUT2D eigenvalue weighted by Crippen LogP contribution is -2.25. The summed E-state index contributed by atoms with van der Waals surface area (Å²) in [4.78, 5) is 23.1. The standard InChI is InChI=1S/C17H12BrN3O6/c1-9(22)20-17(27-16(19-20)10-2-4-11(18)5-3-10)12-6-14-15(26-8-25-14)7-13(12)21(23)24/h2-7,17H,8H2,1H3/t17-/m1/s1. The van der Waals surface area contributed by atoms with Crippen molar-refractivity contribution in [1.82, 2.24) is 5.01 Å². The monoisotopic (exact) mass is 433 g/mol. The second-order valence-corrected chi connectivity index (χ2v) is 6.68. The van der Waals surface area contributed by atoms with Gasteiger partial charge in [0, 0.05) is 23.0 Å². The highest BCUT2D eigenvalue weighted by molar-refractivity contribution is 9.10. The molecule has 4 rings (SSSR count). The first-order valence-corrected chi connectivity index (χ1v) is 8.62. The number of rotatable bonds is 3. The highest BCUT2D eigenvalue weighted by Gasteiger charge is 2.39. The van der Waals surface area contributed by atoms with Gasteiger partial charge in [-0.2, -0.15) is 5.01 Å². The summed E-state index contributed by atoms with van der Waals surface area (Å²) in [6.45, 7) is 1.28. The molecule has 10 heteroatoms. The molecule has 0 spiro atoms. The van der Waals surface area contributed by atoms with Gasteiger partial charge in [0.25, 0.3) is 5.69 Å². The summed E-state index contributed by atoms with van der Waals surface area (Å²) in [7, 11) is 0. The van der Waals surface area contributed by atoms with E-state index in [9.17, 15) is 14.9 Å². The molecule has 0 aromatic heterocycles. The fourth-order valence-electron chi connectivity index (χ4n) is 2.78. The van der Waals surface area contributed by atoms with Gasteiger partial charge in [-0.25, -0.2) is 0 Å². The number of carbonyl (C=O) groups excluding carboxylic acids is 1. The van der Waals surface area contributed by atoms with Gasteiger partial charge in [-0.05, 0) is 24.3 Å². The predicted molar refractivity (Wildman–Crippen MR) is 96.2 cm³/mol. The molecule has 0 N–H and O–H groups in total. The van der Waals surface area contributed by atoms with Crippen molar-refractivity contribution < 1.29 is 23.9 Å². The van der Waals surface area contributed by atoms with Crippen LogP contribution in [-0.2, 0) is 9.53 Å². The molecule has 0 bridgehead atoms. The minimum atomic E-state index is -1.09. The first kappa shape index (κ1) is 17.3. The Morgan fingerprint density at radius 2 is 1.93 bits per heavy atom. The van der Waals surface area contributed by atoms with Crippen molar-refractivity contribution in [2.24, 2.45) is 5.10 Å². The fraction of sp³-hybridized carbons (Fsp3) is 0.176. The molecule has 0 fully saturated rings. The van der Waals surface area contributed by atoms with E-state index in [4.69, 9.17) is 14.2 Å². The van der Waals surface area contributed by atoms with E-state index in [1.807, 2.05) is 0 Å². The van der Waals surface area contributed by atoms with Gasteiger partial charge in [0.1, 0.15) is 0 Å². The minimum Gasteiger partial charge on any atom is -0.454 e. The summed E-state index contributed by atoms with van der Waals surface area (Å²) in [5, 5.41) is 16.8. The smallest absolute Gasteiger partial charge is 0.282 e. The SMILES string of the molecule is CC(=O)N1N=C(c2ccc(Br)cc2)O[C@@H]1c1cc2c(cc1[N+](=O)[O-])OCO2. The zero-order chi connectivity index (χ0) is 19.1. The number of nitro groups is 1. The Labute approximate surface area is 161 Å². The second kappa shape index (κ2) is 6.54. The van der Waals surface area contributed by atoms with Crippen LogP contribution in [0.3, 0.4) is 0 Å². The van der Waals surface area contributed by atoms with Crippen LogP contribution in [0.15, 0.2) is 46.0 Å². The maximum Gasteiger partial charge on any atom is 0.282 e. The molecule has 2 heterocycles. The zero-order valence-electron chi connectivity index (χ0n) is 13.9. The Morgan fingerprint density at radius 1 is 1.26 bits per heavy atom. The van der Waals surface area contributed by atoms with Crippen molar-refractivity contribution in [3.8, 4) is 11.5 Å². The fourth-order valence-corrected chi connectivity index (χ4v) is 3.05. The molecule has 1 atom stereocenters. The number of halogens is 1. The van der Waals surface area contributed by atoms with Gasteiger partial charge in [0.15, 0.2) is 11.5 Å². The van der Waals surface area contributed by atoms with Gasteiger partial charge in [0.05, 0.1) is 16.6 Å². The maximum absolute atomic E-state index is 12.1. The number of hydrogen-bond donors (Lipinski definition) is 0. The average Bonchev–Trinajstić information content (AvgIpc) is 3.27. The quantitative estimate of drug-likeness (QED) is 0.543. The van der Waals surface area contributed by atoms with Gasteiger partial charge < -0.3 is 14.2 Å². The zero-order valence-corrected chi connectivity index (χ0v) is 15.5. The third-order valence-electron chi connectivity index (χ3n) is 4.04. The lowest BCUT2D eigenvalue weighted by molar-refractivity contribution is -0.386. The van der Waals surface area contributed by atoms with E-state index in [0.717, 1.165) is 9.48 Å². The highest BCUT2D eigenvalue weighted by atomic mass is 79.9. The first-order chi connectivity index (χ1) is 12.9. The molecular weight excluding hydrogens is 422 g/mol. The molecule has 2 aliphatic heterocycles. The summed E-state index contributed by atoms with van der Waals surface area (Å²) >= 11 is 3.35. The third kappa shape index (κ3) is 3.08. The lowest BCUT2D eigenvalue weighted by Gasteiger charge is -2.19. The van der Waals surface area contributed by atoms with Gasteiger partial charge in [-0.15, -0.1) is 5.10 Å². The van der Waals surface area contributed by atoms with E-state index in [0.29, 0.717) is 11.3 Å². The van der Waals surface area contributed by atoms with Crippen LogP contribution in [0, 0.1) is 10.1 Å². The van der Waals surface area contributed by atoms with E-state index in [1.54, 1.807) is 24.3 Å². The van der Waals surface area contributed by atoms with Crippen LogP contribution in [0.4, 0.5) is 5.69 Å². The molecule has 1 amide bonds. The number of carbonyl (C=O) groups is 1. The van der Waals surface area contributed by atoms with Crippen LogP contribution in [0.1, 0.15) is 24.3 Å². The predicted octanol–water partition coefficient (Wildman–Crippen LogP) is 3.33. The molecule has 9 nitrogen and oxygen atoms in total. The molecule has 0 unspecified atom stereocenters. The van der Waals surface area contributed by atoms with Crippen molar-refractivity contribution >= 4 is 33.4 Å². The Balaban J connectivity index is 1.76. The van der Waals surface area contributed by atoms with Crippen LogP contribution in [0.2, 0.25) is 0 Å². The van der Waals surface area contributed by atoms with Gasteiger partial charge in [-0.3, -0.25) is 14.9 Å². The van der Waals surface area contributed by atoms with Crippen molar-refractivity contribution in [3.63, 3.8) is 0 Å². The third-order valence-corrected chi connectivity index (χ3v) is 4.57. The molecular formula is C17H12BrN3O6. The Hall–Kier alpha value is -3.14. The van der Waals surface area contributed by atoms with Crippen LogP contribution < -0.4 is 9.47 Å². The Morgan fingerprint density at radius 3 is 2.56 bits per heavy atom. The van der Waals surface area contributed by atoms with E-state index < -0.39 is 17.1 Å². The van der Waals surface area contributed by atoms with Crippen LogP contribution in [0.25, 0.3) is 0 Å². The molecule has 0 radical (unpaired) electrons. The van der Waals surface area contributed by atoms with Gasteiger partial charge in [0.2, 0.25) is 24.8 Å². The molecule has 138 valence electrons. The average molecular weight is 434 g/mol. The summed E-state index contributed by atoms with van der Waals surface area (Å²) in [5.41, 5.74) is 0.536. The molecule has 2 aromatic rings. The largest absolute Gasteiger partial charge is 0.454 e. The van der Waals surface area contributed by atoms with Crippen molar-refractivity contribution in [3.05, 3.63) is 62.1 Å². The van der Waals surface area contributed by atoms with E-state index in [2.05, 4.69) is 21.0 Å². The number of ether oxygens (including phenoxy) is 3. The summed E-state index contributed by atoms with van der Waals surface area (Å²) in [6, 6.07) is 9.83. The van der Waals surface area contributed by atoms with Crippen molar-refractivity contribution in [2.45, 2.75) is 13.2 Å². The number of amides is 1. The number of hydrazone groups is 1. The van der Waals surface area contributed by atoms with E-state index >= 15 is 0 Å². The van der Waals surface area contributed by atoms with Gasteiger partial charge >= 0.3 is 0 Å². The number of nitrogens with zero attached hydrogens (tertiary/aromatic N) is 3. The molecule has 0 saturated carbocycles. The summed E-state index contributed by atoms with van der Waals surface area (Å²) in [5.74, 6) is 0.389. The second-order valence-electron chi connectivity index (χ2n) is 5.77. The molecule has 27 heavy (non-hydrogen) atoms.